The standard InChI is InChI=1S/C33H25N3/c1-21(2)34-27-16-8-9-17-28(27)36-29-20-19-24-23-13-6-7-15-26(23)35(22-11-4-3-5-12-22)33(24)31(29)25-14-10-18-30(34)32(25)36/h3-21H,1-2H3. The molecular weight excluding hydrogens is 438 g/mol. The van der Waals surface area contributed by atoms with Gasteiger partial charge in [-0.15, -0.1) is 0 Å². The number of fused-ring (bicyclic) bond motifs is 9. The van der Waals surface area contributed by atoms with E-state index in [-0.39, 0.29) is 0 Å². The summed E-state index contributed by atoms with van der Waals surface area (Å²) in [6.07, 6.45) is 0. The summed E-state index contributed by atoms with van der Waals surface area (Å²) in [6, 6.07) is 40.2. The van der Waals surface area contributed by atoms with E-state index < -0.39 is 0 Å². The Morgan fingerprint density at radius 3 is 2.00 bits per heavy atom. The van der Waals surface area contributed by atoms with Gasteiger partial charge in [0.25, 0.3) is 0 Å². The second-order valence-corrected chi connectivity index (χ2v) is 10.0. The van der Waals surface area contributed by atoms with Crippen LogP contribution in [0.3, 0.4) is 0 Å². The van der Waals surface area contributed by atoms with Crippen LogP contribution < -0.4 is 4.90 Å². The van der Waals surface area contributed by atoms with Crippen molar-refractivity contribution in [3.05, 3.63) is 109 Å². The van der Waals surface area contributed by atoms with E-state index in [1.54, 1.807) is 0 Å². The molecule has 0 saturated heterocycles. The molecular formula is C33H25N3. The summed E-state index contributed by atoms with van der Waals surface area (Å²) in [4.78, 5) is 2.49. The fourth-order valence-corrected chi connectivity index (χ4v) is 6.42. The van der Waals surface area contributed by atoms with Gasteiger partial charge in [0, 0.05) is 33.3 Å². The minimum atomic E-state index is 0.347. The van der Waals surface area contributed by atoms with Gasteiger partial charge in [-0.25, -0.2) is 0 Å². The molecule has 36 heavy (non-hydrogen) atoms. The fraction of sp³-hybridized carbons (Fsp3) is 0.0909. The van der Waals surface area contributed by atoms with Gasteiger partial charge in [-0.05, 0) is 56.3 Å². The highest BCUT2D eigenvalue weighted by Gasteiger charge is 2.30. The first-order valence-corrected chi connectivity index (χ1v) is 12.7. The van der Waals surface area contributed by atoms with E-state index >= 15 is 0 Å². The molecule has 5 aromatic carbocycles. The van der Waals surface area contributed by atoms with Crippen molar-refractivity contribution in [3.8, 4) is 11.4 Å². The van der Waals surface area contributed by atoms with Gasteiger partial charge >= 0.3 is 0 Å². The van der Waals surface area contributed by atoms with Crippen LogP contribution in [0.4, 0.5) is 11.4 Å². The van der Waals surface area contributed by atoms with Gasteiger partial charge in [-0.3, -0.25) is 0 Å². The Kier molecular flexibility index (Phi) is 3.85. The molecule has 0 amide bonds. The summed E-state index contributed by atoms with van der Waals surface area (Å²) in [6.45, 7) is 4.55. The largest absolute Gasteiger partial charge is 0.335 e. The highest BCUT2D eigenvalue weighted by atomic mass is 15.2. The van der Waals surface area contributed by atoms with Crippen LogP contribution in [0.5, 0.6) is 0 Å². The van der Waals surface area contributed by atoms with Gasteiger partial charge in [0.2, 0.25) is 0 Å². The van der Waals surface area contributed by atoms with Crippen LogP contribution in [-0.4, -0.2) is 15.2 Å². The number of rotatable bonds is 2. The second kappa shape index (κ2) is 7.02. The summed E-state index contributed by atoms with van der Waals surface area (Å²) >= 11 is 0. The van der Waals surface area contributed by atoms with Crippen molar-refractivity contribution in [2.75, 3.05) is 4.90 Å². The average molecular weight is 464 g/mol. The lowest BCUT2D eigenvalue weighted by atomic mass is 10.1. The molecule has 0 unspecified atom stereocenters. The maximum atomic E-state index is 2.49. The van der Waals surface area contributed by atoms with E-state index in [2.05, 4.69) is 137 Å². The van der Waals surface area contributed by atoms with Gasteiger partial charge in [0.05, 0.1) is 39.1 Å². The normalized spacial score (nSPS) is 12.9. The molecule has 0 aliphatic carbocycles. The van der Waals surface area contributed by atoms with Crippen molar-refractivity contribution in [2.24, 2.45) is 0 Å². The third-order valence-corrected chi connectivity index (χ3v) is 7.74. The van der Waals surface area contributed by atoms with Gasteiger partial charge in [-0.1, -0.05) is 66.7 Å². The Balaban J connectivity index is 1.66. The van der Waals surface area contributed by atoms with Gasteiger partial charge in [0.1, 0.15) is 0 Å². The molecule has 3 nitrogen and oxygen atoms in total. The lowest BCUT2D eigenvalue weighted by Crippen LogP contribution is -2.29. The first kappa shape index (κ1) is 19.8. The van der Waals surface area contributed by atoms with E-state index in [4.69, 9.17) is 0 Å². The number of aromatic nitrogens is 2. The van der Waals surface area contributed by atoms with Gasteiger partial charge < -0.3 is 14.0 Å². The summed E-state index contributed by atoms with van der Waals surface area (Å²) in [5.74, 6) is 0. The van der Waals surface area contributed by atoms with Crippen molar-refractivity contribution in [3.63, 3.8) is 0 Å². The predicted octanol–water partition coefficient (Wildman–Crippen LogP) is 8.74. The third kappa shape index (κ3) is 2.37. The van der Waals surface area contributed by atoms with Crippen molar-refractivity contribution in [1.29, 1.82) is 0 Å². The van der Waals surface area contributed by atoms with Crippen LogP contribution in [-0.2, 0) is 0 Å². The van der Waals surface area contributed by atoms with Crippen molar-refractivity contribution >= 4 is 55.0 Å². The van der Waals surface area contributed by atoms with Crippen LogP contribution in [0.1, 0.15) is 13.8 Å². The molecule has 8 rings (SSSR count). The molecule has 0 atom stereocenters. The maximum Gasteiger partial charge on any atom is 0.0780 e. The number of nitrogens with zero attached hydrogens (tertiary/aromatic N) is 3. The zero-order valence-corrected chi connectivity index (χ0v) is 20.3. The van der Waals surface area contributed by atoms with Crippen molar-refractivity contribution in [1.82, 2.24) is 9.13 Å². The fourth-order valence-electron chi connectivity index (χ4n) is 6.42. The molecule has 0 radical (unpaired) electrons. The predicted molar refractivity (Wildman–Crippen MR) is 152 cm³/mol. The van der Waals surface area contributed by atoms with Crippen LogP contribution in [0.2, 0.25) is 0 Å². The number of hydrogen-bond acceptors (Lipinski definition) is 1. The first-order valence-electron chi connectivity index (χ1n) is 12.7. The van der Waals surface area contributed by atoms with E-state index in [1.165, 1.54) is 66.4 Å². The number of hydrogen-bond donors (Lipinski definition) is 0. The average Bonchev–Trinajstić information content (AvgIpc) is 3.43. The Morgan fingerprint density at radius 2 is 1.17 bits per heavy atom. The quantitative estimate of drug-likeness (QED) is 0.250. The smallest absolute Gasteiger partial charge is 0.0780 e. The second-order valence-electron chi connectivity index (χ2n) is 10.0. The topological polar surface area (TPSA) is 13.1 Å². The monoisotopic (exact) mass is 463 g/mol. The van der Waals surface area contributed by atoms with Crippen LogP contribution in [0, 0.1) is 0 Å². The first-order chi connectivity index (χ1) is 17.7. The molecule has 3 heteroatoms. The molecule has 1 aliphatic rings. The minimum Gasteiger partial charge on any atom is -0.335 e. The minimum absolute atomic E-state index is 0.347. The van der Waals surface area contributed by atoms with E-state index in [0.29, 0.717) is 6.04 Å². The highest BCUT2D eigenvalue weighted by Crippen LogP contribution is 2.49. The lowest BCUT2D eigenvalue weighted by Gasteiger charge is -2.35. The Bertz CT molecular complexity index is 1970. The van der Waals surface area contributed by atoms with E-state index in [0.717, 1.165) is 0 Å². The molecule has 0 N–H and O–H groups in total. The molecule has 7 aromatic rings. The van der Waals surface area contributed by atoms with Crippen molar-refractivity contribution in [2.45, 2.75) is 19.9 Å². The number of anilines is 2. The van der Waals surface area contributed by atoms with E-state index in [1.807, 2.05) is 0 Å². The van der Waals surface area contributed by atoms with Gasteiger partial charge in [0.15, 0.2) is 0 Å². The summed E-state index contributed by atoms with van der Waals surface area (Å²) in [5.41, 5.74) is 10.0. The van der Waals surface area contributed by atoms with E-state index in [9.17, 15) is 0 Å². The zero-order valence-electron chi connectivity index (χ0n) is 20.3. The number of benzene rings is 5. The SMILES string of the molecule is CC(C)N1c2ccccc2-n2c3ccc4c5ccccc5n(-c5ccccc5)c4c3c3cccc1c32. The third-order valence-electron chi connectivity index (χ3n) is 7.74. The van der Waals surface area contributed by atoms with Crippen LogP contribution in [0.25, 0.3) is 55.0 Å². The molecule has 0 bridgehead atoms. The molecule has 172 valence electrons. The van der Waals surface area contributed by atoms with Crippen molar-refractivity contribution < 1.29 is 0 Å². The summed E-state index contributed by atoms with van der Waals surface area (Å²) < 4.78 is 4.94. The number of para-hydroxylation sites is 5. The molecule has 1 aliphatic heterocycles. The molecule has 0 saturated carbocycles. The molecule has 2 aromatic heterocycles. The Hall–Kier alpha value is -4.50. The highest BCUT2D eigenvalue weighted by molar-refractivity contribution is 6.28. The molecule has 3 heterocycles. The summed E-state index contributed by atoms with van der Waals surface area (Å²) in [7, 11) is 0. The lowest BCUT2D eigenvalue weighted by molar-refractivity contribution is 0.781. The summed E-state index contributed by atoms with van der Waals surface area (Å²) in [5, 5.41) is 5.19. The van der Waals surface area contributed by atoms with Crippen LogP contribution in [0.15, 0.2) is 109 Å². The molecule has 0 spiro atoms. The van der Waals surface area contributed by atoms with Crippen LogP contribution >= 0.6 is 0 Å². The maximum absolute atomic E-state index is 2.49. The zero-order chi connectivity index (χ0) is 24.0. The Morgan fingerprint density at radius 1 is 0.472 bits per heavy atom. The molecule has 0 fully saturated rings. The Labute approximate surface area is 209 Å². The van der Waals surface area contributed by atoms with Gasteiger partial charge in [-0.2, -0.15) is 0 Å².